The van der Waals surface area contributed by atoms with E-state index < -0.39 is 11.2 Å². The second-order valence-corrected chi connectivity index (χ2v) is 8.75. The molecule has 1 saturated carbocycles. The largest absolute Gasteiger partial charge is 0.502 e. The lowest BCUT2D eigenvalue weighted by Crippen LogP contribution is -2.55. The van der Waals surface area contributed by atoms with Gasteiger partial charge in [-0.2, -0.15) is 0 Å². The number of carbonyl (C=O) groups excluding carboxylic acids is 1. The minimum absolute atomic E-state index is 0. The Balaban J connectivity index is 0.00000228. The average molecular weight is 446 g/mol. The van der Waals surface area contributed by atoms with Gasteiger partial charge in [0.1, 0.15) is 18.5 Å². The van der Waals surface area contributed by atoms with Gasteiger partial charge in [-0.25, -0.2) is 0 Å². The van der Waals surface area contributed by atoms with Gasteiger partial charge < -0.3 is 14.7 Å². The van der Waals surface area contributed by atoms with E-state index >= 15 is 0 Å². The van der Waals surface area contributed by atoms with Gasteiger partial charge in [-0.05, 0) is 29.9 Å². The molecule has 0 radical (unpaired) electrons. The van der Waals surface area contributed by atoms with E-state index in [2.05, 4.69) is 0 Å². The van der Waals surface area contributed by atoms with Crippen LogP contribution in [0.3, 0.4) is 0 Å². The van der Waals surface area contributed by atoms with Gasteiger partial charge in [-0.3, -0.25) is 19.3 Å². The van der Waals surface area contributed by atoms with Crippen molar-refractivity contribution < 1.29 is 14.6 Å². The normalized spacial score (nSPS) is 23.2. The molecule has 1 fully saturated rings. The Morgan fingerprint density at radius 2 is 1.70 bits per heavy atom. The molecular weight excluding hydrogens is 418 g/mol. The zero-order chi connectivity index (χ0) is 21.8. The number of benzene rings is 2. The van der Waals surface area contributed by atoms with Crippen LogP contribution in [0.15, 0.2) is 71.7 Å². The summed E-state index contributed by atoms with van der Waals surface area (Å²) >= 11 is 0. The van der Waals surface area contributed by atoms with Crippen LogP contribution in [0.2, 0.25) is 0 Å². The summed E-state index contributed by atoms with van der Waals surface area (Å²) in [4.78, 5) is 27.3. The fourth-order valence-electron chi connectivity index (χ4n) is 4.94. The number of nitrogens with zero attached hydrogens (tertiary/aromatic N) is 3. The van der Waals surface area contributed by atoms with Crippen LogP contribution in [-0.2, 0) is 0 Å². The summed E-state index contributed by atoms with van der Waals surface area (Å²) in [5, 5.41) is 12.6. The number of ether oxygens (including phenoxy) is 1. The third kappa shape index (κ3) is 3.44. The first-order valence-corrected chi connectivity index (χ1v) is 10.9. The van der Waals surface area contributed by atoms with Crippen molar-refractivity contribution in [3.63, 3.8) is 0 Å². The van der Waals surface area contributed by atoms with Gasteiger partial charge in [0, 0.05) is 24.4 Å². The number of rotatable bonds is 1. The highest BCUT2D eigenvalue weighted by Crippen LogP contribution is 2.43. The summed E-state index contributed by atoms with van der Waals surface area (Å²) in [5.41, 5.74) is 1.45. The Labute approximate surface area is 192 Å². The molecule has 3 aromatic rings. The third-order valence-electron chi connectivity index (χ3n) is 6.74. The first kappa shape index (κ1) is 21.1. The van der Waals surface area contributed by atoms with Crippen LogP contribution >= 0.6 is 0 Å². The molecule has 0 saturated heterocycles. The first-order valence-electron chi connectivity index (χ1n) is 10.9. The molecule has 1 aliphatic carbocycles. The summed E-state index contributed by atoms with van der Waals surface area (Å²) in [6.07, 6.45) is 2.58. The maximum absolute atomic E-state index is 13.4. The van der Waals surface area contributed by atoms with Gasteiger partial charge in [0.25, 0.3) is 5.91 Å². The van der Waals surface area contributed by atoms with Gasteiger partial charge in [0.15, 0.2) is 11.4 Å². The predicted octanol–water partition coefficient (Wildman–Crippen LogP) is 3.36. The van der Waals surface area contributed by atoms with Crippen molar-refractivity contribution in [3.8, 4) is 11.5 Å². The Hall–Kier alpha value is -3.74. The molecular formula is C26H27N3O4. The minimum Gasteiger partial charge on any atom is -0.502 e. The van der Waals surface area contributed by atoms with Crippen molar-refractivity contribution in [2.24, 2.45) is 11.8 Å². The lowest BCUT2D eigenvalue weighted by atomic mass is 9.97. The molecule has 6 rings (SSSR count). The average Bonchev–Trinajstić information content (AvgIpc) is 3.56. The van der Waals surface area contributed by atoms with E-state index in [1.807, 2.05) is 59.6 Å². The molecule has 2 aliphatic heterocycles. The van der Waals surface area contributed by atoms with Gasteiger partial charge >= 0.3 is 0 Å². The van der Waals surface area contributed by atoms with E-state index in [0.29, 0.717) is 31.7 Å². The molecule has 1 aromatic heterocycles. The van der Waals surface area contributed by atoms with E-state index in [-0.39, 0.29) is 25.1 Å². The predicted molar refractivity (Wildman–Crippen MR) is 125 cm³/mol. The van der Waals surface area contributed by atoms with Gasteiger partial charge in [0.05, 0.1) is 6.61 Å². The summed E-state index contributed by atoms with van der Waals surface area (Å²) in [5.74, 6) is 0.730. The van der Waals surface area contributed by atoms with Crippen molar-refractivity contribution >= 4 is 5.91 Å². The van der Waals surface area contributed by atoms with Gasteiger partial charge in [-0.1, -0.05) is 56.0 Å². The molecule has 7 heteroatoms. The molecule has 2 bridgehead atoms. The second-order valence-electron chi connectivity index (χ2n) is 8.75. The molecule has 170 valence electrons. The van der Waals surface area contributed by atoms with Crippen LogP contribution in [0, 0.1) is 11.8 Å². The van der Waals surface area contributed by atoms with Crippen LogP contribution in [-0.4, -0.2) is 40.4 Å². The molecule has 1 N–H and O–H groups in total. The topological polar surface area (TPSA) is 75.0 Å². The molecule has 2 aromatic carbocycles. The number of hydrogen-bond donors (Lipinski definition) is 1. The number of hydrogen-bond acceptors (Lipinski definition) is 5. The summed E-state index contributed by atoms with van der Waals surface area (Å²) in [6, 6.07) is 19.0. The lowest BCUT2D eigenvalue weighted by Gasteiger charge is -2.44. The number of aromatic hydroxyl groups is 1. The summed E-state index contributed by atoms with van der Waals surface area (Å²) in [6.45, 7) is 1.52. The Morgan fingerprint density at radius 1 is 0.939 bits per heavy atom. The van der Waals surface area contributed by atoms with Crippen molar-refractivity contribution in [3.05, 3.63) is 93.9 Å². The summed E-state index contributed by atoms with van der Waals surface area (Å²) in [7, 11) is 0. The molecule has 3 atom stereocenters. The van der Waals surface area contributed by atoms with Gasteiger partial charge in [-0.15, -0.1) is 0 Å². The number of carbonyl (C=O) groups is 1. The zero-order valence-electron chi connectivity index (χ0n) is 17.4. The van der Waals surface area contributed by atoms with Crippen LogP contribution in [0.25, 0.3) is 0 Å². The Bertz CT molecular complexity index is 1260. The third-order valence-corrected chi connectivity index (χ3v) is 6.74. The van der Waals surface area contributed by atoms with E-state index in [9.17, 15) is 14.7 Å². The lowest BCUT2D eigenvalue weighted by molar-refractivity contribution is 0.0667. The molecule has 3 aliphatic rings. The summed E-state index contributed by atoms with van der Waals surface area (Å²) < 4.78 is 7.92. The van der Waals surface area contributed by atoms with E-state index in [1.165, 1.54) is 6.07 Å². The quantitative estimate of drug-likeness (QED) is 0.622. The SMILES string of the molecule is C.O=C1c2c(O)c(=O)ccn2N2CN1C[C@H]1C[C@@H]1COc1ccccc1[C@@H]2c1ccccc1. The maximum atomic E-state index is 13.4. The molecule has 0 unspecified atom stereocenters. The van der Waals surface area contributed by atoms with Crippen LogP contribution < -0.4 is 15.2 Å². The maximum Gasteiger partial charge on any atom is 0.277 e. The highest BCUT2D eigenvalue weighted by molar-refractivity contribution is 5.96. The van der Waals surface area contributed by atoms with Crippen molar-refractivity contribution in [2.75, 3.05) is 24.8 Å². The van der Waals surface area contributed by atoms with Crippen molar-refractivity contribution in [1.82, 2.24) is 9.58 Å². The zero-order valence-corrected chi connectivity index (χ0v) is 17.4. The second kappa shape index (κ2) is 7.99. The number of para-hydroxylation sites is 1. The number of fused-ring (bicyclic) bond motifs is 6. The van der Waals surface area contributed by atoms with E-state index in [0.717, 1.165) is 23.3 Å². The van der Waals surface area contributed by atoms with E-state index in [4.69, 9.17) is 4.74 Å². The Kier molecular flexibility index (Phi) is 5.12. The smallest absolute Gasteiger partial charge is 0.277 e. The molecule has 3 heterocycles. The highest BCUT2D eigenvalue weighted by atomic mass is 16.5. The van der Waals surface area contributed by atoms with Gasteiger partial charge in [0.2, 0.25) is 5.43 Å². The molecule has 0 spiro atoms. The fraction of sp³-hybridized carbons (Fsp3) is 0.308. The fourth-order valence-corrected chi connectivity index (χ4v) is 4.94. The van der Waals surface area contributed by atoms with E-state index in [1.54, 1.807) is 15.8 Å². The Morgan fingerprint density at radius 3 is 2.52 bits per heavy atom. The van der Waals surface area contributed by atoms with Crippen molar-refractivity contribution in [1.29, 1.82) is 0 Å². The minimum atomic E-state index is -0.556. The van der Waals surface area contributed by atoms with Crippen molar-refractivity contribution in [2.45, 2.75) is 19.9 Å². The monoisotopic (exact) mass is 445 g/mol. The van der Waals surface area contributed by atoms with Crippen LogP contribution in [0.1, 0.15) is 41.5 Å². The number of pyridine rings is 1. The molecule has 1 amide bonds. The molecule has 7 nitrogen and oxygen atoms in total. The number of aromatic nitrogens is 1. The standard InChI is InChI=1S/C25H23N3O4.CH4/c29-20-10-11-27-23(24(20)30)25(31)26-13-17-12-18(17)14-32-21-9-5-4-8-19(21)22(28(27)15-26)16-6-2-1-3-7-16;/h1-11,17-18,22,30H,12-15H2;1H4/t17-,18-,22+;/m1./s1. The highest BCUT2D eigenvalue weighted by Gasteiger charge is 2.44. The first-order chi connectivity index (χ1) is 15.6. The number of amides is 1. The molecule has 33 heavy (non-hydrogen) atoms. The van der Waals surface area contributed by atoms with Crippen LogP contribution in [0.5, 0.6) is 11.5 Å². The van der Waals surface area contributed by atoms with Crippen LogP contribution in [0.4, 0.5) is 0 Å².